The van der Waals surface area contributed by atoms with E-state index in [2.05, 4.69) is 27.9 Å². The zero-order chi connectivity index (χ0) is 27.0. The minimum Gasteiger partial charge on any atom is -0.493 e. The van der Waals surface area contributed by atoms with Crippen molar-refractivity contribution in [2.45, 2.75) is 58.3 Å². The Morgan fingerprint density at radius 3 is 2.29 bits per heavy atom. The van der Waals surface area contributed by atoms with Crippen LogP contribution in [0.1, 0.15) is 61.1 Å². The summed E-state index contributed by atoms with van der Waals surface area (Å²) in [5.74, 6) is 1.54. The average Bonchev–Trinajstić information content (AvgIpc) is 2.89. The minimum absolute atomic E-state index is 0.0265. The van der Waals surface area contributed by atoms with Crippen molar-refractivity contribution in [3.8, 4) is 11.5 Å². The number of aryl methyl sites for hydroxylation is 2. The first-order chi connectivity index (χ1) is 18.3. The van der Waals surface area contributed by atoms with Crippen LogP contribution in [-0.4, -0.2) is 31.2 Å². The molecule has 2 aliphatic carbocycles. The summed E-state index contributed by atoms with van der Waals surface area (Å²) in [6.07, 6.45) is 3.76. The van der Waals surface area contributed by atoms with E-state index in [1.54, 1.807) is 0 Å². The van der Waals surface area contributed by atoms with Gasteiger partial charge in [0.05, 0.1) is 10.7 Å². The summed E-state index contributed by atoms with van der Waals surface area (Å²) >= 11 is 2.15. The smallest absolute Gasteiger partial charge is 0.262 e. The van der Waals surface area contributed by atoms with Crippen LogP contribution in [-0.2, 0) is 19.1 Å². The van der Waals surface area contributed by atoms with Crippen molar-refractivity contribution in [3.05, 3.63) is 73.3 Å². The molecule has 0 bridgehead atoms. The van der Waals surface area contributed by atoms with Gasteiger partial charge in [0, 0.05) is 48.4 Å². The molecule has 1 amide bonds. The number of methoxy groups -OCH3 is 1. The van der Waals surface area contributed by atoms with Crippen molar-refractivity contribution < 1.29 is 28.6 Å². The van der Waals surface area contributed by atoms with E-state index in [1.807, 2.05) is 44.2 Å². The second kappa shape index (κ2) is 10.9. The Kier molecular flexibility index (Phi) is 7.61. The Morgan fingerprint density at radius 1 is 1.00 bits per heavy atom. The highest BCUT2D eigenvalue weighted by Gasteiger charge is 2.42. The van der Waals surface area contributed by atoms with E-state index in [-0.39, 0.29) is 24.1 Å². The fourth-order valence-corrected chi connectivity index (χ4v) is 6.17. The molecule has 0 radical (unpaired) electrons. The molecule has 8 heteroatoms. The summed E-state index contributed by atoms with van der Waals surface area (Å²) in [7, 11) is 1.54. The summed E-state index contributed by atoms with van der Waals surface area (Å²) < 4.78 is 18.5. The zero-order valence-electron chi connectivity index (χ0n) is 21.7. The molecule has 5 rings (SSSR count). The van der Waals surface area contributed by atoms with Gasteiger partial charge < -0.3 is 19.5 Å². The number of benzene rings is 2. The maximum atomic E-state index is 13.1. The standard InChI is InChI=1S/C30H30INO6/c1-16-10-11-17(2)20(12-16)32-26(35)15-37-30-19(31)13-18(14-25(30)36-3)27-28-21(33)6-4-8-23(28)38-24-9-5-7-22(34)29(24)27/h10-14,27H,4-9,15H2,1-3H3,(H,32,35). The van der Waals surface area contributed by atoms with Crippen molar-refractivity contribution in [2.24, 2.45) is 0 Å². The minimum atomic E-state index is -0.488. The van der Waals surface area contributed by atoms with Gasteiger partial charge >= 0.3 is 0 Å². The molecule has 1 heterocycles. The first-order valence-electron chi connectivity index (χ1n) is 12.8. The van der Waals surface area contributed by atoms with Gasteiger partial charge in [-0.15, -0.1) is 0 Å². The molecule has 3 aliphatic rings. The summed E-state index contributed by atoms with van der Waals surface area (Å²) in [4.78, 5) is 38.9. The molecule has 2 aromatic rings. The predicted octanol–water partition coefficient (Wildman–Crippen LogP) is 6.06. The molecule has 0 aromatic heterocycles. The average molecular weight is 627 g/mol. The molecule has 1 aliphatic heterocycles. The number of hydrogen-bond acceptors (Lipinski definition) is 6. The number of carbonyl (C=O) groups excluding carboxylic acids is 3. The van der Waals surface area contributed by atoms with Gasteiger partial charge in [-0.3, -0.25) is 14.4 Å². The number of hydrogen-bond donors (Lipinski definition) is 1. The lowest BCUT2D eigenvalue weighted by Gasteiger charge is -2.36. The number of anilines is 1. The number of ketones is 2. The molecule has 1 N–H and O–H groups in total. The number of halogens is 1. The highest BCUT2D eigenvalue weighted by Crippen LogP contribution is 2.49. The SMILES string of the molecule is COc1cc(C2C3=C(CCCC3=O)OC3=C2C(=O)CCC3)cc(I)c1OCC(=O)Nc1cc(C)ccc1C. The third-order valence-electron chi connectivity index (χ3n) is 7.24. The van der Waals surface area contributed by atoms with Crippen molar-refractivity contribution in [2.75, 3.05) is 19.0 Å². The van der Waals surface area contributed by atoms with Crippen LogP contribution in [0.3, 0.4) is 0 Å². The van der Waals surface area contributed by atoms with Gasteiger partial charge in [0.1, 0.15) is 11.5 Å². The lowest BCUT2D eigenvalue weighted by Crippen LogP contribution is -2.30. The van der Waals surface area contributed by atoms with Crippen molar-refractivity contribution in [3.63, 3.8) is 0 Å². The Balaban J connectivity index is 1.45. The fourth-order valence-electron chi connectivity index (χ4n) is 5.39. The second-order valence-corrected chi connectivity index (χ2v) is 11.1. The molecule has 0 saturated carbocycles. The molecule has 0 atom stereocenters. The number of ether oxygens (including phenoxy) is 3. The Morgan fingerprint density at radius 2 is 1.66 bits per heavy atom. The normalized spacial score (nSPS) is 17.6. The van der Waals surface area contributed by atoms with Crippen LogP contribution in [0.4, 0.5) is 5.69 Å². The van der Waals surface area contributed by atoms with Gasteiger partial charge in [-0.1, -0.05) is 12.1 Å². The number of nitrogens with one attached hydrogen (secondary N) is 1. The molecule has 198 valence electrons. The van der Waals surface area contributed by atoms with E-state index in [0.29, 0.717) is 59.8 Å². The molecule has 0 unspecified atom stereocenters. The maximum absolute atomic E-state index is 13.1. The summed E-state index contributed by atoms with van der Waals surface area (Å²) in [5, 5.41) is 2.91. The highest BCUT2D eigenvalue weighted by atomic mass is 127. The van der Waals surface area contributed by atoms with Crippen molar-refractivity contribution in [1.29, 1.82) is 0 Å². The van der Waals surface area contributed by atoms with Crippen molar-refractivity contribution in [1.82, 2.24) is 0 Å². The van der Waals surface area contributed by atoms with Gasteiger partial charge in [-0.05, 0) is 84.2 Å². The van der Waals surface area contributed by atoms with Crippen LogP contribution in [0.25, 0.3) is 0 Å². The number of amides is 1. The molecule has 0 spiro atoms. The van der Waals surface area contributed by atoms with E-state index in [9.17, 15) is 14.4 Å². The van der Waals surface area contributed by atoms with Crippen LogP contribution in [0.15, 0.2) is 53.0 Å². The lowest BCUT2D eigenvalue weighted by molar-refractivity contribution is -0.119. The molecule has 2 aromatic carbocycles. The largest absolute Gasteiger partial charge is 0.493 e. The summed E-state index contributed by atoms with van der Waals surface area (Å²) in [6, 6.07) is 9.60. The van der Waals surface area contributed by atoms with Gasteiger partial charge in [-0.2, -0.15) is 0 Å². The first-order valence-corrected chi connectivity index (χ1v) is 13.9. The van der Waals surface area contributed by atoms with Crippen LogP contribution in [0.5, 0.6) is 11.5 Å². The van der Waals surface area contributed by atoms with E-state index >= 15 is 0 Å². The highest BCUT2D eigenvalue weighted by molar-refractivity contribution is 14.1. The van der Waals surface area contributed by atoms with Gasteiger partial charge in [-0.25, -0.2) is 0 Å². The van der Waals surface area contributed by atoms with Gasteiger partial charge in [0.15, 0.2) is 29.7 Å². The Bertz CT molecular complexity index is 1360. The van der Waals surface area contributed by atoms with E-state index in [1.165, 1.54) is 7.11 Å². The van der Waals surface area contributed by atoms with Gasteiger partial charge in [0.25, 0.3) is 5.91 Å². The van der Waals surface area contributed by atoms with E-state index in [4.69, 9.17) is 14.2 Å². The van der Waals surface area contributed by atoms with Crippen LogP contribution >= 0.6 is 22.6 Å². The van der Waals surface area contributed by atoms with Crippen LogP contribution < -0.4 is 14.8 Å². The first kappa shape index (κ1) is 26.5. The predicted molar refractivity (Wildman–Crippen MR) is 151 cm³/mol. The molecular formula is C30H30INO6. The summed E-state index contributed by atoms with van der Waals surface area (Å²) in [6.45, 7) is 3.71. The van der Waals surface area contributed by atoms with Crippen LogP contribution in [0.2, 0.25) is 0 Å². The molecule has 38 heavy (non-hydrogen) atoms. The molecule has 0 saturated heterocycles. The maximum Gasteiger partial charge on any atom is 0.262 e. The monoisotopic (exact) mass is 627 g/mol. The van der Waals surface area contributed by atoms with Gasteiger partial charge in [0.2, 0.25) is 0 Å². The number of carbonyl (C=O) groups is 3. The quantitative estimate of drug-likeness (QED) is 0.392. The number of Topliss-reactive ketones (excluding diaryl/α,β-unsaturated/α-hetero) is 2. The van der Waals surface area contributed by atoms with Crippen LogP contribution in [0, 0.1) is 17.4 Å². The third-order valence-corrected chi connectivity index (χ3v) is 8.04. The van der Waals surface area contributed by atoms with Crippen molar-refractivity contribution >= 4 is 45.8 Å². The second-order valence-electron chi connectivity index (χ2n) is 9.95. The Hall–Kier alpha value is -3.14. The van der Waals surface area contributed by atoms with E-state index in [0.717, 1.165) is 38.8 Å². The molecule has 0 fully saturated rings. The Labute approximate surface area is 235 Å². The van der Waals surface area contributed by atoms with E-state index < -0.39 is 5.92 Å². The molecule has 7 nitrogen and oxygen atoms in total. The summed E-state index contributed by atoms with van der Waals surface area (Å²) in [5.41, 5.74) is 4.73. The lowest BCUT2D eigenvalue weighted by atomic mass is 9.73. The third kappa shape index (κ3) is 5.10. The number of rotatable bonds is 6. The molecular weight excluding hydrogens is 597 g/mol. The fraction of sp³-hybridized carbons (Fsp3) is 0.367. The topological polar surface area (TPSA) is 90.9 Å². The number of allylic oxidation sites excluding steroid dienone is 4. The zero-order valence-corrected chi connectivity index (χ0v) is 23.9.